The molecule has 0 radical (unpaired) electrons. The summed E-state index contributed by atoms with van der Waals surface area (Å²) in [5, 5.41) is 0. The highest BCUT2D eigenvalue weighted by atomic mass is 16.1. The largest absolute Gasteiger partial charge is 0.298 e. The van der Waals surface area contributed by atoms with Crippen molar-refractivity contribution in [2.75, 3.05) is 0 Å². The average Bonchev–Trinajstić information content (AvgIpc) is 2.05. The number of hydrogen-bond acceptors (Lipinski definition) is 2. The number of hydrogen-bond donors (Lipinski definition) is 0. The molecule has 0 N–H and O–H groups in total. The normalized spacial score (nSPS) is 8.42. The van der Waals surface area contributed by atoms with Gasteiger partial charge in [0.05, 0.1) is 0 Å². The summed E-state index contributed by atoms with van der Waals surface area (Å²) in [4.78, 5) is 21.0. The molecule has 1 aromatic carbocycles. The van der Waals surface area contributed by atoms with Gasteiger partial charge in [0.1, 0.15) is 6.29 Å². The van der Waals surface area contributed by atoms with Gasteiger partial charge in [-0.2, -0.15) is 0 Å². The number of carbonyl (C=O) groups excluding carboxylic acids is 2. The smallest absolute Gasteiger partial charge is 0.159 e. The highest BCUT2D eigenvalue weighted by Gasteiger charge is 1.96. The minimum Gasteiger partial charge on any atom is -0.298 e. The van der Waals surface area contributed by atoms with Gasteiger partial charge >= 0.3 is 0 Å². The summed E-state index contributed by atoms with van der Waals surface area (Å²) in [6, 6.07) is 6.55. The first-order valence-corrected chi connectivity index (χ1v) is 3.30. The van der Waals surface area contributed by atoms with E-state index in [1.807, 2.05) is 0 Å². The Bertz CT molecular complexity index is 272. The van der Waals surface area contributed by atoms with E-state index in [0.717, 1.165) is 6.29 Å². The molecule has 0 aliphatic rings. The van der Waals surface area contributed by atoms with Gasteiger partial charge in [0.25, 0.3) is 0 Å². The molecule has 0 aliphatic carbocycles. The highest BCUT2D eigenvalue weighted by Crippen LogP contribution is 2.02. The van der Waals surface area contributed by atoms with Crippen LogP contribution in [0.4, 0.5) is 0 Å². The predicted molar refractivity (Wildman–Crippen MR) is 48.6 cm³/mol. The Morgan fingerprint density at radius 1 is 1.25 bits per heavy atom. The standard InChI is InChI=1S/C9H8O2.CH4/c1-7(11)9-4-2-8(6-10)3-5-9;/h2-6H,1H3;1H4. The molecule has 0 aliphatic heterocycles. The minimum absolute atomic E-state index is 0. The average molecular weight is 164 g/mol. The lowest BCUT2D eigenvalue weighted by molar-refractivity contribution is 0.101. The maximum Gasteiger partial charge on any atom is 0.159 e. The summed E-state index contributed by atoms with van der Waals surface area (Å²) in [6.07, 6.45) is 0.754. The van der Waals surface area contributed by atoms with E-state index in [-0.39, 0.29) is 13.2 Å². The van der Waals surface area contributed by atoms with Gasteiger partial charge in [0.2, 0.25) is 0 Å². The number of rotatable bonds is 2. The van der Waals surface area contributed by atoms with Crippen LogP contribution < -0.4 is 0 Å². The minimum atomic E-state index is 0. The zero-order chi connectivity index (χ0) is 8.27. The van der Waals surface area contributed by atoms with Crippen molar-refractivity contribution in [3.63, 3.8) is 0 Å². The van der Waals surface area contributed by atoms with Crippen molar-refractivity contribution in [2.24, 2.45) is 0 Å². The van der Waals surface area contributed by atoms with E-state index < -0.39 is 0 Å². The van der Waals surface area contributed by atoms with Gasteiger partial charge in [-0.1, -0.05) is 31.7 Å². The van der Waals surface area contributed by atoms with E-state index in [4.69, 9.17) is 0 Å². The number of aldehydes is 1. The molecule has 2 nitrogen and oxygen atoms in total. The molecule has 0 saturated carbocycles. The van der Waals surface area contributed by atoms with Crippen molar-refractivity contribution in [2.45, 2.75) is 14.4 Å². The van der Waals surface area contributed by atoms with Crippen LogP contribution in [0.3, 0.4) is 0 Å². The Labute approximate surface area is 72.2 Å². The van der Waals surface area contributed by atoms with E-state index in [0.29, 0.717) is 11.1 Å². The van der Waals surface area contributed by atoms with Crippen LogP contribution in [0.15, 0.2) is 24.3 Å². The molecule has 0 unspecified atom stereocenters. The van der Waals surface area contributed by atoms with E-state index in [1.54, 1.807) is 24.3 Å². The zero-order valence-corrected chi connectivity index (χ0v) is 6.20. The molecule has 0 saturated heterocycles. The van der Waals surface area contributed by atoms with Gasteiger partial charge in [0.15, 0.2) is 5.78 Å². The molecule has 0 atom stereocenters. The maximum atomic E-state index is 10.8. The molecule has 0 fully saturated rings. The lowest BCUT2D eigenvalue weighted by atomic mass is 10.1. The van der Waals surface area contributed by atoms with Gasteiger partial charge in [0, 0.05) is 11.1 Å². The van der Waals surface area contributed by atoms with Crippen molar-refractivity contribution in [1.82, 2.24) is 0 Å². The monoisotopic (exact) mass is 164 g/mol. The Balaban J connectivity index is 0.00000121. The number of ketones is 1. The summed E-state index contributed by atoms with van der Waals surface area (Å²) in [7, 11) is 0. The topological polar surface area (TPSA) is 34.1 Å². The van der Waals surface area contributed by atoms with Crippen molar-refractivity contribution < 1.29 is 9.59 Å². The van der Waals surface area contributed by atoms with Crippen molar-refractivity contribution in [3.05, 3.63) is 35.4 Å². The number of benzene rings is 1. The highest BCUT2D eigenvalue weighted by molar-refractivity contribution is 5.94. The van der Waals surface area contributed by atoms with Crippen LogP contribution in [0.1, 0.15) is 35.1 Å². The van der Waals surface area contributed by atoms with Crippen LogP contribution in [0.2, 0.25) is 0 Å². The Morgan fingerprint density at radius 3 is 2.08 bits per heavy atom. The molecular formula is C10H12O2. The third kappa shape index (κ3) is 2.31. The lowest BCUT2D eigenvalue weighted by Crippen LogP contribution is -1.91. The summed E-state index contributed by atoms with van der Waals surface area (Å²) in [6.45, 7) is 1.50. The fraction of sp³-hybridized carbons (Fsp3) is 0.200. The quantitative estimate of drug-likeness (QED) is 0.496. The van der Waals surface area contributed by atoms with E-state index in [2.05, 4.69) is 0 Å². The van der Waals surface area contributed by atoms with Gasteiger partial charge in [-0.25, -0.2) is 0 Å². The molecule has 1 rings (SSSR count). The molecule has 0 spiro atoms. The number of Topliss-reactive ketones (excluding diaryl/α,β-unsaturated/α-hetero) is 1. The first-order valence-electron chi connectivity index (χ1n) is 3.30. The summed E-state index contributed by atoms with van der Waals surface area (Å²) < 4.78 is 0. The molecule has 64 valence electrons. The summed E-state index contributed by atoms with van der Waals surface area (Å²) >= 11 is 0. The Kier molecular flexibility index (Phi) is 3.91. The van der Waals surface area contributed by atoms with Crippen LogP contribution in [-0.4, -0.2) is 12.1 Å². The van der Waals surface area contributed by atoms with Crippen molar-refractivity contribution in [3.8, 4) is 0 Å². The lowest BCUT2D eigenvalue weighted by Gasteiger charge is -1.93. The van der Waals surface area contributed by atoms with Gasteiger partial charge < -0.3 is 0 Å². The Hall–Kier alpha value is -1.44. The van der Waals surface area contributed by atoms with Crippen molar-refractivity contribution in [1.29, 1.82) is 0 Å². The number of carbonyl (C=O) groups is 2. The van der Waals surface area contributed by atoms with Crippen LogP contribution in [0, 0.1) is 0 Å². The third-order valence-corrected chi connectivity index (χ3v) is 1.45. The van der Waals surface area contributed by atoms with Gasteiger partial charge in [-0.05, 0) is 6.92 Å². The third-order valence-electron chi connectivity index (χ3n) is 1.45. The Morgan fingerprint density at radius 2 is 1.75 bits per heavy atom. The van der Waals surface area contributed by atoms with Crippen LogP contribution in [0.5, 0.6) is 0 Å². The summed E-state index contributed by atoms with van der Waals surface area (Å²) in [5.74, 6) is 0.0162. The van der Waals surface area contributed by atoms with E-state index in [9.17, 15) is 9.59 Å². The fourth-order valence-electron chi connectivity index (χ4n) is 0.796. The molecule has 2 heteroatoms. The SMILES string of the molecule is C.CC(=O)c1ccc(C=O)cc1. The molecule has 0 amide bonds. The first-order chi connectivity index (χ1) is 5.24. The van der Waals surface area contributed by atoms with Crippen LogP contribution in [-0.2, 0) is 0 Å². The van der Waals surface area contributed by atoms with Gasteiger partial charge in [-0.15, -0.1) is 0 Å². The van der Waals surface area contributed by atoms with Crippen LogP contribution >= 0.6 is 0 Å². The molecule has 0 bridgehead atoms. The second-order valence-electron chi connectivity index (χ2n) is 2.30. The molecule has 0 heterocycles. The van der Waals surface area contributed by atoms with Crippen LogP contribution in [0.25, 0.3) is 0 Å². The molecule has 12 heavy (non-hydrogen) atoms. The van der Waals surface area contributed by atoms with Crippen molar-refractivity contribution >= 4 is 12.1 Å². The zero-order valence-electron chi connectivity index (χ0n) is 6.20. The second kappa shape index (κ2) is 4.44. The summed E-state index contributed by atoms with van der Waals surface area (Å²) in [5.41, 5.74) is 1.23. The van der Waals surface area contributed by atoms with Gasteiger partial charge in [-0.3, -0.25) is 9.59 Å². The molecule has 0 aromatic heterocycles. The molecular weight excluding hydrogens is 152 g/mol. The molecule has 1 aromatic rings. The maximum absolute atomic E-state index is 10.8. The second-order valence-corrected chi connectivity index (χ2v) is 2.30. The van der Waals surface area contributed by atoms with E-state index >= 15 is 0 Å². The fourth-order valence-corrected chi connectivity index (χ4v) is 0.796. The van der Waals surface area contributed by atoms with E-state index in [1.165, 1.54) is 6.92 Å². The first kappa shape index (κ1) is 10.6. The predicted octanol–water partition coefficient (Wildman–Crippen LogP) is 2.34.